The van der Waals surface area contributed by atoms with Crippen LogP contribution in [0.1, 0.15) is 58.4 Å². The Hall–Kier alpha value is -2.24. The van der Waals surface area contributed by atoms with Crippen molar-refractivity contribution in [3.63, 3.8) is 0 Å². The number of unbranched alkanes of at least 4 members (excludes halogenated alkanes) is 1. The summed E-state index contributed by atoms with van der Waals surface area (Å²) in [6.07, 6.45) is 3.69. The summed E-state index contributed by atoms with van der Waals surface area (Å²) in [5, 5.41) is 11.1. The van der Waals surface area contributed by atoms with Gasteiger partial charge in [-0.2, -0.15) is 25.3 Å². The number of amides is 4. The topological polar surface area (TPSA) is 133 Å². The van der Waals surface area contributed by atoms with Crippen LogP contribution >= 0.6 is 36.9 Å². The van der Waals surface area contributed by atoms with Crippen molar-refractivity contribution >= 4 is 66.3 Å². The van der Waals surface area contributed by atoms with Crippen LogP contribution in [-0.4, -0.2) is 65.6 Å². The second kappa shape index (κ2) is 18.9. The fourth-order valence-corrected chi connectivity index (χ4v) is 4.67. The number of thiol groups is 2. The molecule has 0 saturated carbocycles. The molecule has 0 heterocycles. The standard InChI is InChI=1S/C27H41ClN4O5S2/c1-4-29-27(37)25(35)21(15-18-9-11-19(28)12-10-18)31-26(36)24(17(2)3)32-23(34)16-30-22(33)8-6-5-7-20(39)13-14-38/h9-12,17,20-21,24,38-39H,4-8,13-16H2,1-3H3,(H,29,37)(H,30,33)(H,31,36)(H,32,34)/t20?,21-,24-/m0/s1. The second-order valence-corrected chi connectivity index (χ2v) is 11.2. The molecule has 0 aliphatic rings. The SMILES string of the molecule is CCNC(=O)C(=O)[C@H](Cc1ccc(Cl)cc1)NC(=O)[C@@H](NC(=O)CNC(=O)CCCCC(S)CCS)C(C)C. The van der Waals surface area contributed by atoms with Crippen LogP contribution in [0.5, 0.6) is 0 Å². The molecule has 0 aliphatic heterocycles. The first-order valence-electron chi connectivity index (χ1n) is 13.2. The summed E-state index contributed by atoms with van der Waals surface area (Å²) < 4.78 is 0. The lowest BCUT2D eigenvalue weighted by Gasteiger charge is -2.25. The van der Waals surface area contributed by atoms with E-state index in [1.807, 2.05) is 0 Å². The van der Waals surface area contributed by atoms with Crippen molar-refractivity contribution in [1.82, 2.24) is 21.3 Å². The van der Waals surface area contributed by atoms with Gasteiger partial charge in [0.1, 0.15) is 12.1 Å². The first kappa shape index (κ1) is 34.8. The summed E-state index contributed by atoms with van der Waals surface area (Å²) in [7, 11) is 0. The number of halogens is 1. The minimum atomic E-state index is -1.15. The Morgan fingerprint density at radius 2 is 1.59 bits per heavy atom. The Kier molecular flexibility index (Phi) is 16.9. The zero-order valence-electron chi connectivity index (χ0n) is 22.8. The number of ketones is 1. The number of carbonyl (C=O) groups is 5. The van der Waals surface area contributed by atoms with E-state index in [-0.39, 0.29) is 43.0 Å². The molecule has 1 unspecified atom stereocenters. The van der Waals surface area contributed by atoms with Crippen molar-refractivity contribution in [3.05, 3.63) is 34.9 Å². The molecule has 218 valence electrons. The Morgan fingerprint density at radius 3 is 2.18 bits per heavy atom. The fraction of sp³-hybridized carbons (Fsp3) is 0.593. The molecule has 0 aromatic heterocycles. The third-order valence-electron chi connectivity index (χ3n) is 5.91. The van der Waals surface area contributed by atoms with Gasteiger partial charge in [-0.05, 0) is 55.6 Å². The molecular formula is C27H41ClN4O5S2. The van der Waals surface area contributed by atoms with E-state index in [0.717, 1.165) is 25.0 Å². The highest BCUT2D eigenvalue weighted by Crippen LogP contribution is 2.13. The van der Waals surface area contributed by atoms with E-state index < -0.39 is 35.6 Å². The molecule has 4 N–H and O–H groups in total. The van der Waals surface area contributed by atoms with Crippen molar-refractivity contribution in [3.8, 4) is 0 Å². The number of hydrogen-bond acceptors (Lipinski definition) is 7. The van der Waals surface area contributed by atoms with Crippen molar-refractivity contribution in [2.24, 2.45) is 5.92 Å². The first-order chi connectivity index (χ1) is 18.5. The molecule has 39 heavy (non-hydrogen) atoms. The molecule has 1 aromatic rings. The van der Waals surface area contributed by atoms with E-state index in [2.05, 4.69) is 46.5 Å². The average Bonchev–Trinajstić information content (AvgIpc) is 2.89. The number of benzene rings is 1. The van der Waals surface area contributed by atoms with Gasteiger partial charge in [0.15, 0.2) is 0 Å². The third-order valence-corrected chi connectivity index (χ3v) is 6.94. The molecule has 12 heteroatoms. The van der Waals surface area contributed by atoms with Crippen LogP contribution in [0.15, 0.2) is 24.3 Å². The van der Waals surface area contributed by atoms with Gasteiger partial charge in [0.05, 0.1) is 6.54 Å². The number of rotatable bonds is 18. The van der Waals surface area contributed by atoms with Gasteiger partial charge in [0.2, 0.25) is 23.5 Å². The average molecular weight is 601 g/mol. The number of Topliss-reactive ketones (excluding diaryl/α,β-unsaturated/α-hetero) is 1. The van der Waals surface area contributed by atoms with Crippen molar-refractivity contribution < 1.29 is 24.0 Å². The predicted molar refractivity (Wildman–Crippen MR) is 160 cm³/mol. The van der Waals surface area contributed by atoms with Crippen molar-refractivity contribution in [2.45, 2.75) is 76.6 Å². The minimum absolute atomic E-state index is 0.0658. The molecule has 9 nitrogen and oxygen atoms in total. The highest BCUT2D eigenvalue weighted by molar-refractivity contribution is 7.81. The number of carbonyl (C=O) groups excluding carboxylic acids is 5. The largest absolute Gasteiger partial charge is 0.350 e. The van der Waals surface area contributed by atoms with Crippen LogP contribution in [0.4, 0.5) is 0 Å². The van der Waals surface area contributed by atoms with Gasteiger partial charge in [-0.15, -0.1) is 0 Å². The van der Waals surface area contributed by atoms with Crippen LogP contribution in [0.3, 0.4) is 0 Å². The molecule has 0 radical (unpaired) electrons. The van der Waals surface area contributed by atoms with Crippen LogP contribution in [0.2, 0.25) is 5.02 Å². The molecule has 0 fully saturated rings. The van der Waals surface area contributed by atoms with E-state index in [0.29, 0.717) is 17.0 Å². The van der Waals surface area contributed by atoms with Crippen molar-refractivity contribution in [2.75, 3.05) is 18.8 Å². The third kappa shape index (κ3) is 14.1. The monoisotopic (exact) mass is 600 g/mol. The summed E-state index contributed by atoms with van der Waals surface area (Å²) in [4.78, 5) is 62.9. The summed E-state index contributed by atoms with van der Waals surface area (Å²) in [6.45, 7) is 5.14. The van der Waals surface area contributed by atoms with Crippen molar-refractivity contribution in [1.29, 1.82) is 0 Å². The minimum Gasteiger partial charge on any atom is -0.350 e. The molecule has 1 rings (SSSR count). The Bertz CT molecular complexity index is 962. The zero-order chi connectivity index (χ0) is 29.4. The smallest absolute Gasteiger partial charge is 0.289 e. The lowest BCUT2D eigenvalue weighted by Crippen LogP contribution is -2.57. The first-order valence-corrected chi connectivity index (χ1v) is 14.7. The van der Waals surface area contributed by atoms with E-state index in [1.165, 1.54) is 0 Å². The maximum Gasteiger partial charge on any atom is 0.289 e. The summed E-state index contributed by atoms with van der Waals surface area (Å²) in [5.74, 6) is -2.56. The van der Waals surface area contributed by atoms with E-state index >= 15 is 0 Å². The molecule has 4 amide bonds. The number of nitrogens with one attached hydrogen (secondary N) is 4. The maximum absolute atomic E-state index is 13.1. The van der Waals surface area contributed by atoms with Gasteiger partial charge >= 0.3 is 0 Å². The van der Waals surface area contributed by atoms with Gasteiger partial charge in [-0.1, -0.05) is 44.0 Å². The quantitative estimate of drug-likeness (QED) is 0.0875. The van der Waals surface area contributed by atoms with Crippen LogP contribution < -0.4 is 21.3 Å². The number of likely N-dealkylation sites (N-methyl/N-ethyl adjacent to an activating group) is 1. The van der Waals surface area contributed by atoms with Gasteiger partial charge in [-0.25, -0.2) is 0 Å². The summed E-state index contributed by atoms with van der Waals surface area (Å²) in [5.41, 5.74) is 0.696. The molecular weight excluding hydrogens is 560 g/mol. The van der Waals surface area contributed by atoms with Crippen LogP contribution in [-0.2, 0) is 30.4 Å². The normalized spacial score (nSPS) is 13.2. The lowest BCUT2D eigenvalue weighted by molar-refractivity contribution is -0.140. The van der Waals surface area contributed by atoms with E-state index in [1.54, 1.807) is 45.0 Å². The molecule has 1 aromatic carbocycles. The maximum atomic E-state index is 13.1. The lowest BCUT2D eigenvalue weighted by atomic mass is 9.99. The highest BCUT2D eigenvalue weighted by atomic mass is 35.5. The highest BCUT2D eigenvalue weighted by Gasteiger charge is 2.31. The molecule has 0 spiro atoms. The second-order valence-electron chi connectivity index (χ2n) is 9.59. The molecule has 0 bridgehead atoms. The van der Waals surface area contributed by atoms with Gasteiger partial charge < -0.3 is 21.3 Å². The Morgan fingerprint density at radius 1 is 0.923 bits per heavy atom. The molecule has 3 atom stereocenters. The van der Waals surface area contributed by atoms with Gasteiger partial charge in [0, 0.05) is 29.7 Å². The van der Waals surface area contributed by atoms with E-state index in [9.17, 15) is 24.0 Å². The molecule has 0 aliphatic carbocycles. The Balaban J connectivity index is 2.72. The van der Waals surface area contributed by atoms with Gasteiger partial charge in [0.25, 0.3) is 5.91 Å². The van der Waals surface area contributed by atoms with Gasteiger partial charge in [-0.3, -0.25) is 24.0 Å². The number of hydrogen-bond donors (Lipinski definition) is 6. The summed E-state index contributed by atoms with van der Waals surface area (Å²) in [6, 6.07) is 4.58. The predicted octanol–water partition coefficient (Wildman–Crippen LogP) is 2.51. The molecule has 0 saturated heterocycles. The van der Waals surface area contributed by atoms with Crippen LogP contribution in [0.25, 0.3) is 0 Å². The van der Waals surface area contributed by atoms with Crippen LogP contribution in [0, 0.1) is 5.92 Å². The Labute approximate surface area is 247 Å². The van der Waals surface area contributed by atoms with E-state index in [4.69, 9.17) is 11.6 Å². The fourth-order valence-electron chi connectivity index (χ4n) is 3.72. The zero-order valence-corrected chi connectivity index (χ0v) is 25.3. The summed E-state index contributed by atoms with van der Waals surface area (Å²) >= 11 is 14.6.